The number of anilines is 1. The summed E-state index contributed by atoms with van der Waals surface area (Å²) in [6.07, 6.45) is 2.54. The summed E-state index contributed by atoms with van der Waals surface area (Å²) in [5.41, 5.74) is 1.11. The Hall–Kier alpha value is -1.13. The Bertz CT molecular complexity index is 502. The minimum Gasteiger partial charge on any atom is -0.360 e. The SMILES string of the molecule is CN(c1snc2ccccc12)C1CCCNC1. The fraction of sp³-hybridized carbons (Fsp3) is 0.462. The van der Waals surface area contributed by atoms with Gasteiger partial charge in [0.1, 0.15) is 5.00 Å². The van der Waals surface area contributed by atoms with Gasteiger partial charge in [0.15, 0.2) is 0 Å². The Morgan fingerprint density at radius 3 is 3.12 bits per heavy atom. The van der Waals surface area contributed by atoms with Crippen LogP contribution < -0.4 is 10.2 Å². The summed E-state index contributed by atoms with van der Waals surface area (Å²) in [6.45, 7) is 2.25. The van der Waals surface area contributed by atoms with E-state index in [1.54, 1.807) is 11.5 Å². The molecule has 2 heterocycles. The van der Waals surface area contributed by atoms with Crippen LogP contribution in [0.2, 0.25) is 0 Å². The summed E-state index contributed by atoms with van der Waals surface area (Å²) in [5, 5.41) is 6.05. The van der Waals surface area contributed by atoms with Crippen LogP contribution in [0.15, 0.2) is 24.3 Å². The number of hydrogen-bond acceptors (Lipinski definition) is 4. The highest BCUT2D eigenvalue weighted by atomic mass is 32.1. The molecule has 1 aliphatic rings. The summed E-state index contributed by atoms with van der Waals surface area (Å²) >= 11 is 1.61. The number of benzene rings is 1. The first kappa shape index (κ1) is 11.0. The van der Waals surface area contributed by atoms with Gasteiger partial charge in [-0.15, -0.1) is 0 Å². The van der Waals surface area contributed by atoms with Crippen LogP contribution in [0.1, 0.15) is 12.8 Å². The van der Waals surface area contributed by atoms with E-state index in [4.69, 9.17) is 0 Å². The van der Waals surface area contributed by atoms with E-state index in [1.807, 2.05) is 6.07 Å². The molecule has 0 bridgehead atoms. The number of nitrogens with zero attached hydrogens (tertiary/aromatic N) is 2. The van der Waals surface area contributed by atoms with Crippen molar-refractivity contribution in [1.29, 1.82) is 0 Å². The molecular formula is C13H17N3S. The highest BCUT2D eigenvalue weighted by Crippen LogP contribution is 2.32. The molecule has 1 saturated heterocycles. The van der Waals surface area contributed by atoms with Gasteiger partial charge in [-0.2, -0.15) is 4.37 Å². The van der Waals surface area contributed by atoms with Gasteiger partial charge in [-0.25, -0.2) is 0 Å². The molecule has 3 rings (SSSR count). The lowest BCUT2D eigenvalue weighted by molar-refractivity contribution is 0.446. The first-order valence-corrected chi connectivity index (χ1v) is 6.91. The molecule has 3 nitrogen and oxygen atoms in total. The number of piperidine rings is 1. The molecular weight excluding hydrogens is 230 g/mol. The predicted octanol–water partition coefficient (Wildman–Crippen LogP) is 2.48. The van der Waals surface area contributed by atoms with E-state index in [1.165, 1.54) is 23.2 Å². The molecule has 0 radical (unpaired) electrons. The minimum absolute atomic E-state index is 0.604. The molecule has 1 N–H and O–H groups in total. The second-order valence-corrected chi connectivity index (χ2v) is 5.37. The zero-order valence-electron chi connectivity index (χ0n) is 10.0. The van der Waals surface area contributed by atoms with E-state index >= 15 is 0 Å². The number of likely N-dealkylation sites (N-methyl/N-ethyl adjacent to an activating group) is 1. The normalized spacial score (nSPS) is 20.6. The van der Waals surface area contributed by atoms with E-state index in [-0.39, 0.29) is 0 Å². The monoisotopic (exact) mass is 247 g/mol. The molecule has 1 aromatic heterocycles. The predicted molar refractivity (Wildman–Crippen MR) is 73.9 cm³/mol. The Morgan fingerprint density at radius 1 is 1.41 bits per heavy atom. The number of aromatic nitrogens is 1. The Morgan fingerprint density at radius 2 is 2.29 bits per heavy atom. The minimum atomic E-state index is 0.604. The maximum atomic E-state index is 4.51. The van der Waals surface area contributed by atoms with Gasteiger partial charge in [0, 0.05) is 25.0 Å². The van der Waals surface area contributed by atoms with Crippen LogP contribution in [-0.2, 0) is 0 Å². The molecule has 1 atom stereocenters. The van der Waals surface area contributed by atoms with Crippen molar-refractivity contribution >= 4 is 27.4 Å². The van der Waals surface area contributed by atoms with Crippen molar-refractivity contribution in [3.63, 3.8) is 0 Å². The topological polar surface area (TPSA) is 28.2 Å². The summed E-state index contributed by atoms with van der Waals surface area (Å²) < 4.78 is 4.51. The van der Waals surface area contributed by atoms with E-state index in [0.717, 1.165) is 18.6 Å². The van der Waals surface area contributed by atoms with Crippen molar-refractivity contribution < 1.29 is 0 Å². The van der Waals surface area contributed by atoms with Gasteiger partial charge >= 0.3 is 0 Å². The largest absolute Gasteiger partial charge is 0.360 e. The first-order valence-electron chi connectivity index (χ1n) is 6.14. The third kappa shape index (κ3) is 2.03. The van der Waals surface area contributed by atoms with Crippen molar-refractivity contribution in [2.45, 2.75) is 18.9 Å². The fourth-order valence-electron chi connectivity index (χ4n) is 2.46. The van der Waals surface area contributed by atoms with Crippen LogP contribution in [0.5, 0.6) is 0 Å². The summed E-state index contributed by atoms with van der Waals surface area (Å²) in [6, 6.07) is 9.00. The maximum Gasteiger partial charge on any atom is 0.120 e. The third-order valence-electron chi connectivity index (χ3n) is 3.50. The second-order valence-electron chi connectivity index (χ2n) is 4.62. The molecule has 2 aromatic rings. The molecule has 90 valence electrons. The van der Waals surface area contributed by atoms with Crippen LogP contribution in [0.3, 0.4) is 0 Å². The van der Waals surface area contributed by atoms with Crippen LogP contribution in [0.25, 0.3) is 10.9 Å². The number of rotatable bonds is 2. The zero-order chi connectivity index (χ0) is 11.7. The van der Waals surface area contributed by atoms with E-state index in [9.17, 15) is 0 Å². The molecule has 17 heavy (non-hydrogen) atoms. The third-order valence-corrected chi connectivity index (χ3v) is 4.47. The van der Waals surface area contributed by atoms with E-state index < -0.39 is 0 Å². The Labute approximate surface area is 106 Å². The average molecular weight is 247 g/mol. The summed E-state index contributed by atoms with van der Waals surface area (Å²) in [5.74, 6) is 0. The van der Waals surface area contributed by atoms with Crippen LogP contribution in [-0.4, -0.2) is 30.6 Å². The van der Waals surface area contributed by atoms with Crippen molar-refractivity contribution in [2.75, 3.05) is 25.0 Å². The van der Waals surface area contributed by atoms with Crippen molar-refractivity contribution in [2.24, 2.45) is 0 Å². The molecule has 0 aliphatic carbocycles. The second kappa shape index (κ2) is 4.63. The van der Waals surface area contributed by atoms with Gasteiger partial charge in [0.05, 0.1) is 5.52 Å². The molecule has 1 aliphatic heterocycles. The number of nitrogens with one attached hydrogen (secondary N) is 1. The van der Waals surface area contributed by atoms with Gasteiger partial charge in [-0.1, -0.05) is 12.1 Å². The average Bonchev–Trinajstić information content (AvgIpc) is 2.83. The smallest absolute Gasteiger partial charge is 0.120 e. The van der Waals surface area contributed by atoms with E-state index in [0.29, 0.717) is 6.04 Å². The Kier molecular flexibility index (Phi) is 2.99. The van der Waals surface area contributed by atoms with Crippen LogP contribution >= 0.6 is 11.5 Å². The number of fused-ring (bicyclic) bond motifs is 1. The van der Waals surface area contributed by atoms with Crippen molar-refractivity contribution in [3.05, 3.63) is 24.3 Å². The van der Waals surface area contributed by atoms with E-state index in [2.05, 4.69) is 39.8 Å². The fourth-order valence-corrected chi connectivity index (χ4v) is 3.35. The summed E-state index contributed by atoms with van der Waals surface area (Å²) in [4.78, 5) is 2.40. The van der Waals surface area contributed by atoms with Crippen molar-refractivity contribution in [3.8, 4) is 0 Å². The van der Waals surface area contributed by atoms with Gasteiger partial charge in [-0.3, -0.25) is 0 Å². The van der Waals surface area contributed by atoms with Crippen molar-refractivity contribution in [1.82, 2.24) is 9.69 Å². The standard InChI is InChI=1S/C13H17N3S/c1-16(10-5-4-8-14-9-10)13-11-6-2-3-7-12(11)15-17-13/h2-3,6-7,10,14H,4-5,8-9H2,1H3. The lowest BCUT2D eigenvalue weighted by atomic mass is 10.1. The Balaban J connectivity index is 1.92. The quantitative estimate of drug-likeness (QED) is 0.883. The first-order chi connectivity index (χ1) is 8.36. The van der Waals surface area contributed by atoms with Crippen LogP contribution in [0, 0.1) is 0 Å². The zero-order valence-corrected chi connectivity index (χ0v) is 10.8. The van der Waals surface area contributed by atoms with Gasteiger partial charge < -0.3 is 10.2 Å². The molecule has 4 heteroatoms. The molecule has 1 aromatic carbocycles. The van der Waals surface area contributed by atoms with Crippen LogP contribution in [0.4, 0.5) is 5.00 Å². The molecule has 0 spiro atoms. The highest BCUT2D eigenvalue weighted by Gasteiger charge is 2.20. The summed E-state index contributed by atoms with van der Waals surface area (Å²) in [7, 11) is 2.19. The molecule has 0 saturated carbocycles. The van der Waals surface area contributed by atoms with Gasteiger partial charge in [0.2, 0.25) is 0 Å². The lowest BCUT2D eigenvalue weighted by Crippen LogP contribution is -2.44. The van der Waals surface area contributed by atoms with Gasteiger partial charge in [0.25, 0.3) is 0 Å². The molecule has 0 amide bonds. The molecule has 1 fully saturated rings. The lowest BCUT2D eigenvalue weighted by Gasteiger charge is -2.32. The highest BCUT2D eigenvalue weighted by molar-refractivity contribution is 7.11. The number of hydrogen-bond donors (Lipinski definition) is 1. The van der Waals surface area contributed by atoms with Gasteiger partial charge in [-0.05, 0) is 43.1 Å². The maximum absolute atomic E-state index is 4.51. The molecule has 1 unspecified atom stereocenters.